The Kier molecular flexibility index (Phi) is 4.09. The maximum atomic E-state index is 14.6. The summed E-state index contributed by atoms with van der Waals surface area (Å²) in [5.74, 6) is -0.848. The predicted octanol–water partition coefficient (Wildman–Crippen LogP) is 4.19. The van der Waals surface area contributed by atoms with E-state index in [1.54, 1.807) is 48.0 Å². The number of hydrogen-bond acceptors (Lipinski definition) is 4. The van der Waals surface area contributed by atoms with Crippen molar-refractivity contribution in [2.75, 3.05) is 0 Å². The van der Waals surface area contributed by atoms with Gasteiger partial charge in [0.1, 0.15) is 17.5 Å². The van der Waals surface area contributed by atoms with Gasteiger partial charge in [0.05, 0.1) is 22.9 Å². The van der Waals surface area contributed by atoms with E-state index in [-0.39, 0.29) is 11.5 Å². The highest BCUT2D eigenvalue weighted by Gasteiger charge is 2.37. The molecule has 1 unspecified atom stereocenters. The van der Waals surface area contributed by atoms with E-state index in [9.17, 15) is 9.65 Å². The molecular weight excluding hydrogens is 367 g/mol. The van der Waals surface area contributed by atoms with Crippen LogP contribution in [0.15, 0.2) is 60.0 Å². The SMILES string of the molecule is Cc1nn(-c2cccc(Cl)c2)c2c1C(c1ccccc1F)C(C#N)=C(N)O2. The summed E-state index contributed by atoms with van der Waals surface area (Å²) in [7, 11) is 0. The summed E-state index contributed by atoms with van der Waals surface area (Å²) in [5, 5.41) is 14.7. The monoisotopic (exact) mass is 380 g/mol. The standard InChI is InChI=1S/C20H14ClFN4O/c1-11-17-18(14-7-2-3-8-16(14)22)15(10-23)19(24)27-20(17)26(25-11)13-6-4-5-12(21)9-13/h2-9,18H,24H2,1H3. The van der Waals surface area contributed by atoms with Crippen LogP contribution in [0.25, 0.3) is 5.69 Å². The van der Waals surface area contributed by atoms with Crippen molar-refractivity contribution in [2.24, 2.45) is 5.73 Å². The second-order valence-electron chi connectivity index (χ2n) is 6.14. The van der Waals surface area contributed by atoms with E-state index in [2.05, 4.69) is 11.2 Å². The van der Waals surface area contributed by atoms with Gasteiger partial charge in [0.15, 0.2) is 0 Å². The highest BCUT2D eigenvalue weighted by atomic mass is 35.5. The zero-order valence-electron chi connectivity index (χ0n) is 14.3. The average molecular weight is 381 g/mol. The van der Waals surface area contributed by atoms with E-state index in [0.29, 0.717) is 33.4 Å². The molecule has 0 aliphatic carbocycles. The van der Waals surface area contributed by atoms with Crippen LogP contribution in [0, 0.1) is 24.1 Å². The van der Waals surface area contributed by atoms with Gasteiger partial charge in [-0.1, -0.05) is 35.9 Å². The van der Waals surface area contributed by atoms with E-state index >= 15 is 0 Å². The summed E-state index contributed by atoms with van der Waals surface area (Å²) < 4.78 is 21.9. The summed E-state index contributed by atoms with van der Waals surface area (Å²) in [4.78, 5) is 0. The minimum atomic E-state index is -0.701. The predicted molar refractivity (Wildman–Crippen MR) is 99.0 cm³/mol. The van der Waals surface area contributed by atoms with Crippen LogP contribution in [0.1, 0.15) is 22.7 Å². The Morgan fingerprint density at radius 3 is 2.74 bits per heavy atom. The van der Waals surface area contributed by atoms with Crippen LogP contribution in [0.3, 0.4) is 0 Å². The Morgan fingerprint density at radius 1 is 1.26 bits per heavy atom. The molecule has 1 aromatic heterocycles. The van der Waals surface area contributed by atoms with Crippen molar-refractivity contribution in [3.05, 3.63) is 87.6 Å². The fraction of sp³-hybridized carbons (Fsp3) is 0.100. The van der Waals surface area contributed by atoms with Crippen molar-refractivity contribution in [2.45, 2.75) is 12.8 Å². The Labute approximate surface area is 160 Å². The molecule has 0 saturated carbocycles. The molecule has 27 heavy (non-hydrogen) atoms. The van der Waals surface area contributed by atoms with Gasteiger partial charge in [-0.15, -0.1) is 0 Å². The molecule has 134 valence electrons. The number of halogens is 2. The van der Waals surface area contributed by atoms with Crippen molar-refractivity contribution >= 4 is 11.6 Å². The normalized spacial score (nSPS) is 15.9. The second-order valence-corrected chi connectivity index (χ2v) is 6.58. The fourth-order valence-electron chi connectivity index (χ4n) is 3.32. The molecule has 2 N–H and O–H groups in total. The fourth-order valence-corrected chi connectivity index (χ4v) is 3.50. The molecule has 0 amide bonds. The highest BCUT2D eigenvalue weighted by molar-refractivity contribution is 6.30. The first-order chi connectivity index (χ1) is 13.0. The van der Waals surface area contributed by atoms with Gasteiger partial charge >= 0.3 is 0 Å². The molecule has 1 aliphatic rings. The first-order valence-corrected chi connectivity index (χ1v) is 8.56. The molecule has 5 nitrogen and oxygen atoms in total. The lowest BCUT2D eigenvalue weighted by molar-refractivity contribution is 0.366. The molecule has 0 spiro atoms. The Balaban J connectivity index is 1.99. The van der Waals surface area contributed by atoms with Crippen LogP contribution >= 0.6 is 11.6 Å². The first kappa shape index (κ1) is 17.1. The van der Waals surface area contributed by atoms with Gasteiger partial charge in [-0.3, -0.25) is 0 Å². The number of nitriles is 1. The molecule has 1 aliphatic heterocycles. The highest BCUT2D eigenvalue weighted by Crippen LogP contribution is 2.45. The Hall–Kier alpha value is -3.30. The number of nitrogens with two attached hydrogens (primary N) is 1. The van der Waals surface area contributed by atoms with Gasteiger partial charge in [0.25, 0.3) is 0 Å². The van der Waals surface area contributed by atoms with Crippen LogP contribution < -0.4 is 10.5 Å². The topological polar surface area (TPSA) is 76.9 Å². The molecule has 0 radical (unpaired) electrons. The lowest BCUT2D eigenvalue weighted by Gasteiger charge is -2.25. The van der Waals surface area contributed by atoms with Gasteiger partial charge in [0.2, 0.25) is 11.8 Å². The van der Waals surface area contributed by atoms with Gasteiger partial charge in [0, 0.05) is 10.6 Å². The zero-order valence-corrected chi connectivity index (χ0v) is 15.0. The van der Waals surface area contributed by atoms with E-state index in [1.807, 2.05) is 6.07 Å². The van der Waals surface area contributed by atoms with Crippen LogP contribution in [0.2, 0.25) is 5.02 Å². The number of ether oxygens (including phenoxy) is 1. The lowest BCUT2D eigenvalue weighted by atomic mass is 9.84. The number of benzene rings is 2. The van der Waals surface area contributed by atoms with Gasteiger partial charge in [-0.2, -0.15) is 10.4 Å². The van der Waals surface area contributed by atoms with Crippen molar-refractivity contribution in [1.29, 1.82) is 5.26 Å². The summed E-state index contributed by atoms with van der Waals surface area (Å²) >= 11 is 6.10. The van der Waals surface area contributed by atoms with Gasteiger partial charge in [-0.25, -0.2) is 9.07 Å². The van der Waals surface area contributed by atoms with Gasteiger partial charge < -0.3 is 10.5 Å². The van der Waals surface area contributed by atoms with Crippen LogP contribution in [-0.4, -0.2) is 9.78 Å². The quantitative estimate of drug-likeness (QED) is 0.723. The number of aromatic nitrogens is 2. The largest absolute Gasteiger partial charge is 0.422 e. The number of nitrogens with zero attached hydrogens (tertiary/aromatic N) is 3. The lowest BCUT2D eigenvalue weighted by Crippen LogP contribution is -2.22. The molecule has 2 aromatic carbocycles. The van der Waals surface area contributed by atoms with Crippen LogP contribution in [-0.2, 0) is 0 Å². The third-order valence-corrected chi connectivity index (χ3v) is 4.74. The van der Waals surface area contributed by atoms with Crippen molar-refractivity contribution in [1.82, 2.24) is 9.78 Å². The molecular formula is C20H14ClFN4O. The van der Waals surface area contributed by atoms with Crippen molar-refractivity contribution in [3.63, 3.8) is 0 Å². The van der Waals surface area contributed by atoms with E-state index < -0.39 is 11.7 Å². The van der Waals surface area contributed by atoms with E-state index in [0.717, 1.165) is 0 Å². The molecule has 0 saturated heterocycles. The van der Waals surface area contributed by atoms with Gasteiger partial charge in [-0.05, 0) is 31.2 Å². The van der Waals surface area contributed by atoms with Crippen molar-refractivity contribution in [3.8, 4) is 17.6 Å². The Morgan fingerprint density at radius 2 is 2.04 bits per heavy atom. The number of allylic oxidation sites excluding steroid dienone is 1. The molecule has 4 rings (SSSR count). The molecule has 2 heterocycles. The summed E-state index contributed by atoms with van der Waals surface area (Å²) in [6.07, 6.45) is 0. The minimum Gasteiger partial charge on any atom is -0.422 e. The smallest absolute Gasteiger partial charge is 0.229 e. The van der Waals surface area contributed by atoms with E-state index in [1.165, 1.54) is 6.07 Å². The van der Waals surface area contributed by atoms with Crippen LogP contribution in [0.4, 0.5) is 4.39 Å². The van der Waals surface area contributed by atoms with Crippen molar-refractivity contribution < 1.29 is 9.13 Å². The average Bonchev–Trinajstić information content (AvgIpc) is 2.97. The maximum absolute atomic E-state index is 14.6. The maximum Gasteiger partial charge on any atom is 0.229 e. The molecule has 1 atom stereocenters. The van der Waals surface area contributed by atoms with E-state index in [4.69, 9.17) is 22.1 Å². The molecule has 0 fully saturated rings. The molecule has 7 heteroatoms. The number of rotatable bonds is 2. The molecule has 0 bridgehead atoms. The zero-order chi connectivity index (χ0) is 19.1. The minimum absolute atomic E-state index is 0.0681. The summed E-state index contributed by atoms with van der Waals surface area (Å²) in [5.41, 5.74) is 8.40. The summed E-state index contributed by atoms with van der Waals surface area (Å²) in [6, 6.07) is 15.5. The number of hydrogen-bond donors (Lipinski definition) is 1. The Bertz CT molecular complexity index is 1130. The molecule has 3 aromatic rings. The second kappa shape index (κ2) is 6.45. The number of fused-ring (bicyclic) bond motifs is 1. The third-order valence-electron chi connectivity index (χ3n) is 4.50. The third kappa shape index (κ3) is 2.73. The first-order valence-electron chi connectivity index (χ1n) is 8.18. The van der Waals surface area contributed by atoms with Crippen LogP contribution in [0.5, 0.6) is 5.88 Å². The summed E-state index contributed by atoms with van der Waals surface area (Å²) in [6.45, 7) is 1.79. The number of aryl methyl sites for hydroxylation is 1.